The topological polar surface area (TPSA) is 38.7 Å². The number of nitrogens with one attached hydrogen (secondary N) is 1. The fourth-order valence-electron chi connectivity index (χ4n) is 2.83. The fourth-order valence-corrected chi connectivity index (χ4v) is 3.07. The number of hydrogen-bond acceptors (Lipinski definition) is 4. The molecule has 2 N–H and O–H groups in total. The predicted octanol–water partition coefficient (Wildman–Crippen LogP) is 2.20. The maximum absolute atomic E-state index is 8.97. The first-order chi connectivity index (χ1) is 10.6. The third-order valence-corrected chi connectivity index (χ3v) is 4.71. The van der Waals surface area contributed by atoms with Crippen LogP contribution in [0.2, 0.25) is 5.02 Å². The van der Waals surface area contributed by atoms with Gasteiger partial charge < -0.3 is 20.2 Å². The lowest BCUT2D eigenvalue weighted by molar-refractivity contribution is 0.260. The largest absolute Gasteiger partial charge is 0.396 e. The third kappa shape index (κ3) is 4.85. The van der Waals surface area contributed by atoms with E-state index in [2.05, 4.69) is 35.2 Å². The molecule has 0 bridgehead atoms. The Kier molecular flexibility index (Phi) is 6.96. The zero-order valence-electron chi connectivity index (χ0n) is 13.7. The Bertz CT molecular complexity index is 461. The normalized spacial score (nSPS) is 17.7. The average Bonchev–Trinajstić information content (AvgIpc) is 2.50. The van der Waals surface area contributed by atoms with E-state index in [1.165, 1.54) is 11.3 Å². The first kappa shape index (κ1) is 17.5. The van der Waals surface area contributed by atoms with E-state index in [1.807, 2.05) is 12.1 Å². The second kappa shape index (κ2) is 8.73. The fraction of sp³-hybridized carbons (Fsp3) is 0.647. The van der Waals surface area contributed by atoms with E-state index in [4.69, 9.17) is 16.7 Å². The van der Waals surface area contributed by atoms with Crippen molar-refractivity contribution in [2.45, 2.75) is 19.9 Å². The maximum atomic E-state index is 8.97. The van der Waals surface area contributed by atoms with Gasteiger partial charge in [-0.15, -0.1) is 0 Å². The molecule has 0 saturated carbocycles. The van der Waals surface area contributed by atoms with Crippen LogP contribution in [0.3, 0.4) is 0 Å². The van der Waals surface area contributed by atoms with E-state index in [9.17, 15) is 0 Å². The van der Waals surface area contributed by atoms with Crippen molar-refractivity contribution in [1.29, 1.82) is 0 Å². The molecule has 1 aromatic rings. The van der Waals surface area contributed by atoms with Gasteiger partial charge in [-0.1, -0.05) is 24.6 Å². The summed E-state index contributed by atoms with van der Waals surface area (Å²) in [5.41, 5.74) is 2.44. The summed E-state index contributed by atoms with van der Waals surface area (Å²) >= 11 is 6.44. The first-order valence-electron chi connectivity index (χ1n) is 8.14. The summed E-state index contributed by atoms with van der Waals surface area (Å²) in [5.74, 6) is 0.472. The van der Waals surface area contributed by atoms with Crippen molar-refractivity contribution in [2.24, 2.45) is 5.92 Å². The van der Waals surface area contributed by atoms with Crippen molar-refractivity contribution in [1.82, 2.24) is 10.2 Å². The molecule has 22 heavy (non-hydrogen) atoms. The highest BCUT2D eigenvalue weighted by Crippen LogP contribution is 2.28. The Morgan fingerprint density at radius 1 is 1.27 bits per heavy atom. The van der Waals surface area contributed by atoms with Gasteiger partial charge >= 0.3 is 0 Å². The van der Waals surface area contributed by atoms with Crippen molar-refractivity contribution in [3.05, 3.63) is 28.8 Å². The van der Waals surface area contributed by atoms with Crippen LogP contribution >= 0.6 is 11.6 Å². The molecule has 1 saturated heterocycles. The van der Waals surface area contributed by atoms with Crippen LogP contribution in [-0.2, 0) is 6.54 Å². The Morgan fingerprint density at radius 2 is 2.00 bits per heavy atom. The molecule has 2 rings (SSSR count). The average molecular weight is 326 g/mol. The lowest BCUT2D eigenvalue weighted by Gasteiger charge is -2.35. The van der Waals surface area contributed by atoms with Gasteiger partial charge in [0.1, 0.15) is 0 Å². The van der Waals surface area contributed by atoms with Crippen LogP contribution in [0.15, 0.2) is 18.2 Å². The highest BCUT2D eigenvalue weighted by Gasteiger charge is 2.18. The second-order valence-corrected chi connectivity index (χ2v) is 6.68. The van der Waals surface area contributed by atoms with Crippen molar-refractivity contribution in [3.8, 4) is 0 Å². The number of piperazine rings is 1. The number of nitrogens with zero attached hydrogens (tertiary/aromatic N) is 2. The smallest absolute Gasteiger partial charge is 0.0471 e. The maximum Gasteiger partial charge on any atom is 0.0471 e. The molecule has 0 amide bonds. The quantitative estimate of drug-likeness (QED) is 0.806. The highest BCUT2D eigenvalue weighted by molar-refractivity contribution is 6.31. The van der Waals surface area contributed by atoms with Gasteiger partial charge in [0.25, 0.3) is 0 Å². The van der Waals surface area contributed by atoms with Gasteiger partial charge in [0.15, 0.2) is 0 Å². The van der Waals surface area contributed by atoms with Crippen LogP contribution in [0, 0.1) is 5.92 Å². The standard InChI is InChI=1S/C17H28ClN3O/c1-14(6-11-22)12-19-13-15-16(18)4-3-5-17(15)21-9-7-20(2)8-10-21/h3-5,14,19,22H,6-13H2,1-2H3. The van der Waals surface area contributed by atoms with Crippen LogP contribution in [0.5, 0.6) is 0 Å². The van der Waals surface area contributed by atoms with Gasteiger partial charge in [-0.3, -0.25) is 0 Å². The molecular weight excluding hydrogens is 298 g/mol. The summed E-state index contributed by atoms with van der Waals surface area (Å²) in [7, 11) is 2.17. The minimum atomic E-state index is 0.251. The first-order valence-corrected chi connectivity index (χ1v) is 8.52. The molecule has 0 radical (unpaired) electrons. The molecule has 0 aromatic heterocycles. The molecule has 1 aliphatic rings. The zero-order chi connectivity index (χ0) is 15.9. The Morgan fingerprint density at radius 3 is 2.68 bits per heavy atom. The van der Waals surface area contributed by atoms with Crippen molar-refractivity contribution in [3.63, 3.8) is 0 Å². The molecule has 1 atom stereocenters. The number of likely N-dealkylation sites (N-methyl/N-ethyl adjacent to an activating group) is 1. The van der Waals surface area contributed by atoms with Crippen LogP contribution in [0.25, 0.3) is 0 Å². The molecule has 1 fully saturated rings. The third-order valence-electron chi connectivity index (χ3n) is 4.35. The van der Waals surface area contributed by atoms with E-state index in [-0.39, 0.29) is 6.61 Å². The van der Waals surface area contributed by atoms with E-state index >= 15 is 0 Å². The Labute approximate surface area is 139 Å². The summed E-state index contributed by atoms with van der Waals surface area (Å²) in [5, 5.41) is 13.3. The summed E-state index contributed by atoms with van der Waals surface area (Å²) in [4.78, 5) is 4.79. The van der Waals surface area contributed by atoms with Gasteiger partial charge in [-0.05, 0) is 38.1 Å². The van der Waals surface area contributed by atoms with Gasteiger partial charge in [-0.2, -0.15) is 0 Å². The molecule has 1 unspecified atom stereocenters. The Hall–Kier alpha value is -0.810. The molecule has 124 valence electrons. The van der Waals surface area contributed by atoms with Gasteiger partial charge in [0.2, 0.25) is 0 Å². The van der Waals surface area contributed by atoms with E-state index in [1.54, 1.807) is 0 Å². The van der Waals surface area contributed by atoms with Gasteiger partial charge in [0, 0.05) is 55.6 Å². The molecule has 0 aliphatic carbocycles. The van der Waals surface area contributed by atoms with E-state index in [0.29, 0.717) is 5.92 Å². The van der Waals surface area contributed by atoms with E-state index < -0.39 is 0 Å². The summed E-state index contributed by atoms with van der Waals surface area (Å²) < 4.78 is 0. The molecule has 5 heteroatoms. The summed E-state index contributed by atoms with van der Waals surface area (Å²) in [6.07, 6.45) is 0.834. The van der Waals surface area contributed by atoms with Crippen LogP contribution in [0.1, 0.15) is 18.9 Å². The molecule has 4 nitrogen and oxygen atoms in total. The Balaban J connectivity index is 2.00. The predicted molar refractivity (Wildman–Crippen MR) is 93.7 cm³/mol. The molecular formula is C17H28ClN3O. The highest BCUT2D eigenvalue weighted by atomic mass is 35.5. The van der Waals surface area contributed by atoms with Crippen LogP contribution < -0.4 is 10.2 Å². The monoisotopic (exact) mass is 325 g/mol. The van der Waals surface area contributed by atoms with Crippen molar-refractivity contribution < 1.29 is 5.11 Å². The lowest BCUT2D eigenvalue weighted by Crippen LogP contribution is -2.45. The lowest BCUT2D eigenvalue weighted by atomic mass is 10.1. The number of anilines is 1. The number of hydrogen-bond donors (Lipinski definition) is 2. The minimum Gasteiger partial charge on any atom is -0.396 e. The van der Waals surface area contributed by atoms with E-state index in [0.717, 1.165) is 50.7 Å². The van der Waals surface area contributed by atoms with Crippen molar-refractivity contribution >= 4 is 17.3 Å². The number of benzene rings is 1. The minimum absolute atomic E-state index is 0.251. The molecule has 0 spiro atoms. The number of aliphatic hydroxyl groups is 1. The number of rotatable bonds is 7. The van der Waals surface area contributed by atoms with Gasteiger partial charge in [0.05, 0.1) is 0 Å². The van der Waals surface area contributed by atoms with Crippen LogP contribution in [-0.4, -0.2) is 56.4 Å². The zero-order valence-corrected chi connectivity index (χ0v) is 14.4. The summed E-state index contributed by atoms with van der Waals surface area (Å²) in [6.45, 7) is 8.35. The second-order valence-electron chi connectivity index (χ2n) is 6.28. The summed E-state index contributed by atoms with van der Waals surface area (Å²) in [6, 6.07) is 6.18. The SMILES string of the molecule is CC(CCO)CNCc1c(Cl)cccc1N1CCN(C)CC1. The molecule has 1 aliphatic heterocycles. The molecule has 1 aromatic carbocycles. The van der Waals surface area contributed by atoms with Crippen molar-refractivity contribution in [2.75, 3.05) is 51.3 Å². The van der Waals surface area contributed by atoms with Crippen LogP contribution in [0.4, 0.5) is 5.69 Å². The number of halogens is 1. The van der Waals surface area contributed by atoms with Gasteiger partial charge in [-0.25, -0.2) is 0 Å². The number of aliphatic hydroxyl groups excluding tert-OH is 1. The molecule has 1 heterocycles.